The van der Waals surface area contributed by atoms with Crippen LogP contribution in [0.3, 0.4) is 0 Å². The summed E-state index contributed by atoms with van der Waals surface area (Å²) in [7, 11) is 1.55. The summed E-state index contributed by atoms with van der Waals surface area (Å²) in [5.41, 5.74) is 0.379. The van der Waals surface area contributed by atoms with E-state index in [1.807, 2.05) is 0 Å². The lowest BCUT2D eigenvalue weighted by Crippen LogP contribution is -2.42. The van der Waals surface area contributed by atoms with Crippen molar-refractivity contribution in [3.8, 4) is 6.01 Å². The van der Waals surface area contributed by atoms with Crippen molar-refractivity contribution in [2.45, 2.75) is 38.3 Å². The fraction of sp³-hybridized carbons (Fsp3) is 0.722. The Bertz CT molecular complexity index is 632. The summed E-state index contributed by atoms with van der Waals surface area (Å²) >= 11 is 0. The van der Waals surface area contributed by atoms with Gasteiger partial charge in [-0.25, -0.2) is 9.97 Å². The zero-order valence-corrected chi connectivity index (χ0v) is 14.7. The lowest BCUT2D eigenvalue weighted by atomic mass is 9.81. The molecule has 0 amide bonds. The molecular weight excluding hydrogens is 320 g/mol. The number of hydrogen-bond acceptors (Lipinski definition) is 6. The third-order valence-corrected chi connectivity index (χ3v) is 6.24. The second-order valence-electron chi connectivity index (χ2n) is 7.77. The Morgan fingerprint density at radius 1 is 1.28 bits per heavy atom. The Kier molecular flexibility index (Phi) is 4.37. The highest BCUT2D eigenvalue weighted by atomic mass is 16.5. The maximum Gasteiger partial charge on any atom is 0.316 e. The number of carboxylic acid groups (broad SMARTS) is 1. The first kappa shape index (κ1) is 16.7. The number of carboxylic acids is 1. The number of aromatic nitrogens is 2. The Hall–Kier alpha value is -1.73. The van der Waals surface area contributed by atoms with Gasteiger partial charge in [0.2, 0.25) is 0 Å². The highest BCUT2D eigenvalue weighted by Gasteiger charge is 2.58. The van der Waals surface area contributed by atoms with E-state index in [1.54, 1.807) is 19.5 Å². The molecule has 1 aliphatic carbocycles. The number of likely N-dealkylation sites (tertiary alicyclic amines) is 2. The van der Waals surface area contributed by atoms with Gasteiger partial charge in [0, 0.05) is 62.6 Å². The molecule has 1 aromatic heterocycles. The fourth-order valence-electron chi connectivity index (χ4n) is 4.97. The highest BCUT2D eigenvalue weighted by molar-refractivity contribution is 5.77. The summed E-state index contributed by atoms with van der Waals surface area (Å²) < 4.78 is 4.99. The van der Waals surface area contributed by atoms with Crippen molar-refractivity contribution in [2.24, 2.45) is 11.3 Å². The van der Waals surface area contributed by atoms with Gasteiger partial charge in [0.1, 0.15) is 0 Å². The van der Waals surface area contributed by atoms with E-state index < -0.39 is 11.4 Å². The van der Waals surface area contributed by atoms with Gasteiger partial charge in [0.15, 0.2) is 0 Å². The summed E-state index contributed by atoms with van der Waals surface area (Å²) in [6.07, 6.45) is 8.56. The zero-order chi connectivity index (χ0) is 17.4. The lowest BCUT2D eigenvalue weighted by Gasteiger charge is -2.28. The molecule has 0 aromatic carbocycles. The summed E-state index contributed by atoms with van der Waals surface area (Å²) in [4.78, 5) is 25.1. The van der Waals surface area contributed by atoms with E-state index in [-0.39, 0.29) is 5.92 Å². The number of ether oxygens (including phenoxy) is 1. The van der Waals surface area contributed by atoms with Crippen molar-refractivity contribution in [1.82, 2.24) is 19.8 Å². The molecule has 2 atom stereocenters. The topological polar surface area (TPSA) is 78.8 Å². The molecule has 0 bridgehead atoms. The monoisotopic (exact) mass is 346 g/mol. The number of carbonyl (C=O) groups is 1. The average Bonchev–Trinajstić information content (AvgIpc) is 3.29. The molecule has 3 aliphatic rings. The van der Waals surface area contributed by atoms with Crippen LogP contribution in [-0.4, -0.2) is 70.2 Å². The van der Waals surface area contributed by atoms with E-state index in [0.717, 1.165) is 18.7 Å². The van der Waals surface area contributed by atoms with Gasteiger partial charge in [0.25, 0.3) is 0 Å². The van der Waals surface area contributed by atoms with Gasteiger partial charge in [-0.3, -0.25) is 14.6 Å². The molecule has 7 heteroatoms. The third kappa shape index (κ3) is 3.00. The minimum atomic E-state index is -0.633. The average molecular weight is 346 g/mol. The van der Waals surface area contributed by atoms with Crippen molar-refractivity contribution >= 4 is 5.97 Å². The standard InChI is InChI=1S/C18H26N4O3/c1-25-17-19-6-13(7-20-17)8-21-9-14-10-22(15-4-2-3-5-15)12-18(14,11-21)16(23)24/h6-7,14-15H,2-5,8-12H2,1H3,(H,23,24)/t14-,18-/m1/s1. The number of aliphatic carboxylic acids is 1. The molecule has 0 radical (unpaired) electrons. The highest BCUT2D eigenvalue weighted by Crippen LogP contribution is 2.45. The van der Waals surface area contributed by atoms with E-state index in [0.29, 0.717) is 31.7 Å². The molecule has 1 aromatic rings. The van der Waals surface area contributed by atoms with Crippen LogP contribution in [0.2, 0.25) is 0 Å². The molecule has 3 heterocycles. The molecule has 25 heavy (non-hydrogen) atoms. The molecular formula is C18H26N4O3. The van der Waals surface area contributed by atoms with Gasteiger partial charge >= 0.3 is 12.0 Å². The van der Waals surface area contributed by atoms with Crippen LogP contribution in [0.5, 0.6) is 6.01 Å². The zero-order valence-electron chi connectivity index (χ0n) is 14.7. The van der Waals surface area contributed by atoms with Crippen LogP contribution < -0.4 is 4.74 Å². The van der Waals surface area contributed by atoms with E-state index in [1.165, 1.54) is 25.7 Å². The van der Waals surface area contributed by atoms with Crippen LogP contribution in [0.1, 0.15) is 31.2 Å². The van der Waals surface area contributed by atoms with Crippen molar-refractivity contribution in [2.75, 3.05) is 33.3 Å². The largest absolute Gasteiger partial charge is 0.481 e. The smallest absolute Gasteiger partial charge is 0.316 e. The molecule has 3 fully saturated rings. The van der Waals surface area contributed by atoms with Gasteiger partial charge in [-0.15, -0.1) is 0 Å². The lowest BCUT2D eigenvalue weighted by molar-refractivity contribution is -0.149. The first-order valence-electron chi connectivity index (χ1n) is 9.15. The minimum Gasteiger partial charge on any atom is -0.481 e. The number of nitrogens with zero attached hydrogens (tertiary/aromatic N) is 4. The van der Waals surface area contributed by atoms with Gasteiger partial charge in [-0.2, -0.15) is 0 Å². The van der Waals surface area contributed by atoms with E-state index in [4.69, 9.17) is 4.74 Å². The molecule has 1 saturated carbocycles. The predicted octanol–water partition coefficient (Wildman–Crippen LogP) is 1.25. The second-order valence-corrected chi connectivity index (χ2v) is 7.77. The Labute approximate surface area is 148 Å². The summed E-state index contributed by atoms with van der Waals surface area (Å²) in [5, 5.41) is 9.99. The Morgan fingerprint density at radius 2 is 2.00 bits per heavy atom. The van der Waals surface area contributed by atoms with Crippen LogP contribution >= 0.6 is 0 Å². The summed E-state index contributed by atoms with van der Waals surface area (Å²) in [6, 6.07) is 0.960. The molecule has 1 N–H and O–H groups in total. The first-order chi connectivity index (χ1) is 12.1. The van der Waals surface area contributed by atoms with Gasteiger partial charge in [-0.1, -0.05) is 12.8 Å². The molecule has 4 rings (SSSR count). The second kappa shape index (κ2) is 6.53. The molecule has 2 aliphatic heterocycles. The van der Waals surface area contributed by atoms with E-state index >= 15 is 0 Å². The number of rotatable bonds is 5. The van der Waals surface area contributed by atoms with Crippen molar-refractivity contribution < 1.29 is 14.6 Å². The van der Waals surface area contributed by atoms with Crippen molar-refractivity contribution in [3.63, 3.8) is 0 Å². The molecule has 0 unspecified atom stereocenters. The fourth-order valence-corrected chi connectivity index (χ4v) is 4.97. The molecule has 7 nitrogen and oxygen atoms in total. The number of methoxy groups -OCH3 is 1. The first-order valence-corrected chi connectivity index (χ1v) is 9.15. The van der Waals surface area contributed by atoms with Crippen LogP contribution in [0.25, 0.3) is 0 Å². The van der Waals surface area contributed by atoms with Gasteiger partial charge in [-0.05, 0) is 12.8 Å². The number of hydrogen-bond donors (Lipinski definition) is 1. The Morgan fingerprint density at radius 3 is 2.60 bits per heavy atom. The normalized spacial score (nSPS) is 30.7. The molecule has 2 saturated heterocycles. The van der Waals surface area contributed by atoms with Crippen molar-refractivity contribution in [3.05, 3.63) is 18.0 Å². The van der Waals surface area contributed by atoms with Crippen LogP contribution in [-0.2, 0) is 11.3 Å². The van der Waals surface area contributed by atoms with Crippen molar-refractivity contribution in [1.29, 1.82) is 0 Å². The van der Waals surface area contributed by atoms with Gasteiger partial charge < -0.3 is 9.84 Å². The maximum atomic E-state index is 12.2. The number of fused-ring (bicyclic) bond motifs is 1. The maximum absolute atomic E-state index is 12.2. The molecule has 0 spiro atoms. The quantitative estimate of drug-likeness (QED) is 0.859. The van der Waals surface area contributed by atoms with Crippen LogP contribution in [0.15, 0.2) is 12.4 Å². The summed E-state index contributed by atoms with van der Waals surface area (Å²) in [5.74, 6) is -0.420. The van der Waals surface area contributed by atoms with Gasteiger partial charge in [0.05, 0.1) is 12.5 Å². The van der Waals surface area contributed by atoms with Crippen LogP contribution in [0.4, 0.5) is 0 Å². The Balaban J connectivity index is 1.44. The molecule has 136 valence electrons. The summed E-state index contributed by atoms with van der Waals surface area (Å²) in [6.45, 7) is 3.77. The predicted molar refractivity (Wildman–Crippen MR) is 91.2 cm³/mol. The third-order valence-electron chi connectivity index (χ3n) is 6.24. The van der Waals surface area contributed by atoms with E-state index in [9.17, 15) is 9.90 Å². The van der Waals surface area contributed by atoms with Crippen LogP contribution in [0, 0.1) is 11.3 Å². The van der Waals surface area contributed by atoms with E-state index in [2.05, 4.69) is 19.8 Å². The minimum absolute atomic E-state index is 0.213. The SMILES string of the molecule is COc1ncc(CN2C[C@@H]3CN(C4CCCC4)C[C@]3(C(=O)O)C2)cn1.